The fraction of sp³-hybridized carbons (Fsp3) is 0.524. The number of hydrogen-bond donors (Lipinski definition) is 2. The van der Waals surface area contributed by atoms with Crippen molar-refractivity contribution >= 4 is 12.0 Å². The molecular formula is C21H30N2O5. The molecule has 0 aromatic heterocycles. The lowest BCUT2D eigenvalue weighted by Crippen LogP contribution is -2.45. The molecule has 0 bridgehead atoms. The molecule has 0 saturated heterocycles. The average molecular weight is 390 g/mol. The summed E-state index contributed by atoms with van der Waals surface area (Å²) in [7, 11) is 3.09. The van der Waals surface area contributed by atoms with Crippen LogP contribution in [-0.4, -0.2) is 32.8 Å². The van der Waals surface area contributed by atoms with E-state index in [-0.39, 0.29) is 6.03 Å². The third-order valence-electron chi connectivity index (χ3n) is 4.71. The van der Waals surface area contributed by atoms with Gasteiger partial charge in [0.1, 0.15) is 0 Å². The molecule has 1 atom stereocenters. The van der Waals surface area contributed by atoms with Gasteiger partial charge in [-0.3, -0.25) is 0 Å². The standard InChI is InChI=1S/C21H30N2O5/c1-5-6-7-8-9-12-28-20(24)18-14(2)22-21(25)23-19(18)15-10-11-16(26-3)17(13-15)27-4/h10-11,13,19H,5-9,12H2,1-4H3,(H2,22,23,25)/t19-/m0/s1. The van der Waals surface area contributed by atoms with Crippen LogP contribution in [0.5, 0.6) is 11.5 Å². The van der Waals surface area contributed by atoms with E-state index < -0.39 is 12.0 Å². The van der Waals surface area contributed by atoms with Gasteiger partial charge in [0.05, 0.1) is 32.4 Å². The van der Waals surface area contributed by atoms with Gasteiger partial charge in [0, 0.05) is 5.70 Å². The van der Waals surface area contributed by atoms with Gasteiger partial charge < -0.3 is 24.8 Å². The number of methoxy groups -OCH3 is 2. The number of carbonyl (C=O) groups is 2. The van der Waals surface area contributed by atoms with Gasteiger partial charge in [-0.1, -0.05) is 38.7 Å². The minimum Gasteiger partial charge on any atom is -0.493 e. The number of allylic oxidation sites excluding steroid dienone is 1. The maximum absolute atomic E-state index is 12.7. The van der Waals surface area contributed by atoms with E-state index in [1.807, 2.05) is 0 Å². The van der Waals surface area contributed by atoms with Gasteiger partial charge in [-0.25, -0.2) is 9.59 Å². The minimum atomic E-state index is -0.624. The molecule has 0 aliphatic carbocycles. The number of nitrogens with one attached hydrogen (secondary N) is 2. The van der Waals surface area contributed by atoms with Gasteiger partial charge in [-0.15, -0.1) is 0 Å². The highest BCUT2D eigenvalue weighted by molar-refractivity contribution is 5.95. The van der Waals surface area contributed by atoms with Crippen molar-refractivity contribution in [3.63, 3.8) is 0 Å². The number of carbonyl (C=O) groups excluding carboxylic acids is 2. The molecule has 0 spiro atoms. The smallest absolute Gasteiger partial charge is 0.338 e. The van der Waals surface area contributed by atoms with Gasteiger partial charge in [0.25, 0.3) is 0 Å². The Hall–Kier alpha value is -2.70. The van der Waals surface area contributed by atoms with E-state index in [4.69, 9.17) is 14.2 Å². The summed E-state index contributed by atoms with van der Waals surface area (Å²) in [6.45, 7) is 4.23. The van der Waals surface area contributed by atoms with Crippen LogP contribution >= 0.6 is 0 Å². The number of unbranched alkanes of at least 4 members (excludes halogenated alkanes) is 4. The summed E-state index contributed by atoms with van der Waals surface area (Å²) in [4.78, 5) is 24.7. The number of benzene rings is 1. The zero-order valence-electron chi connectivity index (χ0n) is 17.1. The van der Waals surface area contributed by atoms with Crippen molar-refractivity contribution in [3.8, 4) is 11.5 Å². The van der Waals surface area contributed by atoms with Crippen LogP contribution in [0.25, 0.3) is 0 Å². The van der Waals surface area contributed by atoms with Gasteiger partial charge in [-0.2, -0.15) is 0 Å². The van der Waals surface area contributed by atoms with E-state index in [0.717, 1.165) is 19.3 Å². The van der Waals surface area contributed by atoms with E-state index in [1.165, 1.54) is 20.0 Å². The Bertz CT molecular complexity index is 730. The molecule has 154 valence electrons. The van der Waals surface area contributed by atoms with E-state index in [1.54, 1.807) is 32.2 Å². The van der Waals surface area contributed by atoms with Gasteiger partial charge >= 0.3 is 12.0 Å². The predicted octanol–water partition coefficient (Wildman–Crippen LogP) is 3.85. The lowest BCUT2D eigenvalue weighted by molar-refractivity contribution is -0.139. The molecule has 2 rings (SSSR count). The molecule has 7 nitrogen and oxygen atoms in total. The number of esters is 1. The molecule has 1 aromatic rings. The lowest BCUT2D eigenvalue weighted by atomic mass is 9.95. The number of urea groups is 1. The molecule has 7 heteroatoms. The highest BCUT2D eigenvalue weighted by Crippen LogP contribution is 2.34. The van der Waals surface area contributed by atoms with E-state index in [9.17, 15) is 9.59 Å². The first-order valence-electron chi connectivity index (χ1n) is 9.69. The normalized spacial score (nSPS) is 16.3. The van der Waals surface area contributed by atoms with Crippen LogP contribution in [0.4, 0.5) is 4.79 Å². The summed E-state index contributed by atoms with van der Waals surface area (Å²) < 4.78 is 16.1. The first kappa shape index (κ1) is 21.6. The number of ether oxygens (including phenoxy) is 3. The van der Waals surface area contributed by atoms with Crippen LogP contribution in [0, 0.1) is 0 Å². The van der Waals surface area contributed by atoms with Crippen LogP contribution in [0.15, 0.2) is 29.5 Å². The average Bonchev–Trinajstić information content (AvgIpc) is 2.69. The Labute approximate surface area is 166 Å². The second-order valence-corrected chi connectivity index (χ2v) is 6.73. The summed E-state index contributed by atoms with van der Waals surface area (Å²) in [5.74, 6) is 0.665. The number of amides is 2. The fourth-order valence-corrected chi connectivity index (χ4v) is 3.20. The maximum atomic E-state index is 12.7. The van der Waals surface area contributed by atoms with Crippen molar-refractivity contribution < 1.29 is 23.8 Å². The summed E-state index contributed by atoms with van der Waals surface area (Å²) in [5.41, 5.74) is 1.58. The molecule has 28 heavy (non-hydrogen) atoms. The quantitative estimate of drug-likeness (QED) is 0.468. The molecule has 1 heterocycles. The second-order valence-electron chi connectivity index (χ2n) is 6.73. The monoisotopic (exact) mass is 390 g/mol. The summed E-state index contributed by atoms with van der Waals surface area (Å²) in [6.07, 6.45) is 5.37. The molecular weight excluding hydrogens is 360 g/mol. The Morgan fingerprint density at radius 1 is 1.07 bits per heavy atom. The molecule has 1 aliphatic rings. The molecule has 2 amide bonds. The Morgan fingerprint density at radius 2 is 1.79 bits per heavy atom. The first-order chi connectivity index (χ1) is 13.5. The maximum Gasteiger partial charge on any atom is 0.338 e. The second kappa shape index (κ2) is 10.6. The molecule has 2 N–H and O–H groups in total. The summed E-state index contributed by atoms with van der Waals surface area (Å²) in [5, 5.41) is 5.45. The summed E-state index contributed by atoms with van der Waals surface area (Å²) in [6, 6.07) is 4.30. The zero-order valence-corrected chi connectivity index (χ0v) is 17.1. The van der Waals surface area contributed by atoms with Gasteiger partial charge in [0.15, 0.2) is 11.5 Å². The van der Waals surface area contributed by atoms with Gasteiger partial charge in [0.2, 0.25) is 0 Å². The van der Waals surface area contributed by atoms with Crippen LogP contribution in [-0.2, 0) is 9.53 Å². The summed E-state index contributed by atoms with van der Waals surface area (Å²) >= 11 is 0. The van der Waals surface area contributed by atoms with Crippen molar-refractivity contribution in [2.75, 3.05) is 20.8 Å². The first-order valence-corrected chi connectivity index (χ1v) is 9.69. The van der Waals surface area contributed by atoms with Crippen LogP contribution < -0.4 is 20.1 Å². The lowest BCUT2D eigenvalue weighted by Gasteiger charge is -2.28. The predicted molar refractivity (Wildman–Crippen MR) is 106 cm³/mol. The molecule has 1 aliphatic heterocycles. The minimum absolute atomic E-state index is 0.367. The topological polar surface area (TPSA) is 85.9 Å². The van der Waals surface area contributed by atoms with E-state index >= 15 is 0 Å². The van der Waals surface area contributed by atoms with Crippen LogP contribution in [0.3, 0.4) is 0 Å². The molecule has 0 unspecified atom stereocenters. The third-order valence-corrected chi connectivity index (χ3v) is 4.71. The number of rotatable bonds is 10. The van der Waals surface area contributed by atoms with Gasteiger partial charge in [-0.05, 0) is 31.0 Å². The van der Waals surface area contributed by atoms with Crippen LogP contribution in [0.2, 0.25) is 0 Å². The molecule has 0 saturated carbocycles. The molecule has 0 radical (unpaired) electrons. The van der Waals surface area contributed by atoms with Crippen molar-refractivity contribution in [1.29, 1.82) is 0 Å². The third kappa shape index (κ3) is 5.41. The van der Waals surface area contributed by atoms with Crippen molar-refractivity contribution in [3.05, 3.63) is 35.0 Å². The Balaban J connectivity index is 2.16. The highest BCUT2D eigenvalue weighted by Gasteiger charge is 2.32. The van der Waals surface area contributed by atoms with Crippen LogP contribution in [0.1, 0.15) is 57.6 Å². The highest BCUT2D eigenvalue weighted by atomic mass is 16.5. The van der Waals surface area contributed by atoms with Crippen molar-refractivity contribution in [1.82, 2.24) is 10.6 Å². The number of hydrogen-bond acceptors (Lipinski definition) is 5. The van der Waals surface area contributed by atoms with E-state index in [2.05, 4.69) is 17.6 Å². The Morgan fingerprint density at radius 3 is 2.46 bits per heavy atom. The molecule has 0 fully saturated rings. The Kier molecular flexibility index (Phi) is 8.17. The largest absolute Gasteiger partial charge is 0.493 e. The van der Waals surface area contributed by atoms with Crippen molar-refractivity contribution in [2.45, 2.75) is 52.0 Å². The fourth-order valence-electron chi connectivity index (χ4n) is 3.20. The zero-order chi connectivity index (χ0) is 20.5. The molecule has 1 aromatic carbocycles. The van der Waals surface area contributed by atoms with Crippen molar-refractivity contribution in [2.24, 2.45) is 0 Å². The van der Waals surface area contributed by atoms with E-state index in [0.29, 0.717) is 34.9 Å². The SMILES string of the molecule is CCCCCCCOC(=O)C1=C(C)NC(=O)N[C@H]1c1ccc(OC)c(OC)c1.